The van der Waals surface area contributed by atoms with Crippen molar-refractivity contribution in [2.24, 2.45) is 0 Å². The number of ether oxygens (including phenoxy) is 2. The molecule has 21 heavy (non-hydrogen) atoms. The number of methoxy groups -OCH3 is 1. The predicted molar refractivity (Wildman–Crippen MR) is 86.8 cm³/mol. The standard InChI is InChI=1S/C17H18BrNO2/c1-20-14-5-6-17-15(10-14)16(7-8-21-17)19-11-12-3-2-4-13(18)9-12/h2-6,9-10,16,19H,7-8,11H2,1H3. The van der Waals surface area contributed by atoms with Crippen LogP contribution in [0.4, 0.5) is 0 Å². The van der Waals surface area contributed by atoms with Gasteiger partial charge in [0.15, 0.2) is 0 Å². The number of hydrogen-bond donors (Lipinski definition) is 1. The third-order valence-corrected chi connectivity index (χ3v) is 4.19. The Balaban J connectivity index is 1.75. The fourth-order valence-corrected chi connectivity index (χ4v) is 3.05. The molecule has 0 amide bonds. The van der Waals surface area contributed by atoms with Gasteiger partial charge in [0, 0.05) is 29.0 Å². The maximum atomic E-state index is 5.72. The van der Waals surface area contributed by atoms with Crippen LogP contribution < -0.4 is 14.8 Å². The van der Waals surface area contributed by atoms with E-state index in [-0.39, 0.29) is 0 Å². The number of nitrogens with one attached hydrogen (secondary N) is 1. The van der Waals surface area contributed by atoms with Crippen LogP contribution in [0.3, 0.4) is 0 Å². The molecule has 3 rings (SSSR count). The van der Waals surface area contributed by atoms with E-state index in [0.717, 1.165) is 35.5 Å². The molecule has 1 N–H and O–H groups in total. The highest BCUT2D eigenvalue weighted by Crippen LogP contribution is 2.34. The molecule has 0 bridgehead atoms. The maximum Gasteiger partial charge on any atom is 0.124 e. The van der Waals surface area contributed by atoms with Gasteiger partial charge in [-0.3, -0.25) is 0 Å². The molecule has 0 saturated carbocycles. The van der Waals surface area contributed by atoms with Crippen LogP contribution in [0.15, 0.2) is 46.9 Å². The van der Waals surface area contributed by atoms with Crippen molar-refractivity contribution in [3.8, 4) is 11.5 Å². The van der Waals surface area contributed by atoms with Crippen molar-refractivity contribution in [2.45, 2.75) is 19.0 Å². The largest absolute Gasteiger partial charge is 0.497 e. The highest BCUT2D eigenvalue weighted by atomic mass is 79.9. The summed E-state index contributed by atoms with van der Waals surface area (Å²) in [6, 6.07) is 14.6. The van der Waals surface area contributed by atoms with Crippen LogP contribution >= 0.6 is 15.9 Å². The molecular weight excluding hydrogens is 330 g/mol. The Hall–Kier alpha value is -1.52. The third kappa shape index (κ3) is 3.39. The highest BCUT2D eigenvalue weighted by Gasteiger charge is 2.21. The van der Waals surface area contributed by atoms with Gasteiger partial charge in [-0.25, -0.2) is 0 Å². The lowest BCUT2D eigenvalue weighted by atomic mass is 10.00. The van der Waals surface area contributed by atoms with Crippen LogP contribution in [0.2, 0.25) is 0 Å². The normalized spacial score (nSPS) is 17.0. The molecule has 110 valence electrons. The van der Waals surface area contributed by atoms with Crippen molar-refractivity contribution >= 4 is 15.9 Å². The van der Waals surface area contributed by atoms with E-state index in [1.165, 1.54) is 11.1 Å². The van der Waals surface area contributed by atoms with Gasteiger partial charge in [-0.1, -0.05) is 28.1 Å². The molecule has 3 nitrogen and oxygen atoms in total. The molecule has 1 aliphatic rings. The molecule has 1 unspecified atom stereocenters. The summed E-state index contributed by atoms with van der Waals surface area (Å²) in [5.74, 6) is 1.82. The van der Waals surface area contributed by atoms with E-state index in [1.54, 1.807) is 7.11 Å². The van der Waals surface area contributed by atoms with Crippen molar-refractivity contribution in [1.82, 2.24) is 5.32 Å². The Labute approximate surface area is 133 Å². The Morgan fingerprint density at radius 2 is 2.19 bits per heavy atom. The van der Waals surface area contributed by atoms with Crippen LogP contribution in [-0.2, 0) is 6.54 Å². The first-order valence-corrected chi connectivity index (χ1v) is 7.84. The lowest BCUT2D eigenvalue weighted by Gasteiger charge is -2.27. The Bertz CT molecular complexity index is 630. The minimum Gasteiger partial charge on any atom is -0.497 e. The highest BCUT2D eigenvalue weighted by molar-refractivity contribution is 9.10. The summed E-state index contributed by atoms with van der Waals surface area (Å²) in [6.07, 6.45) is 0.966. The summed E-state index contributed by atoms with van der Waals surface area (Å²) in [6.45, 7) is 1.58. The summed E-state index contributed by atoms with van der Waals surface area (Å²) in [5.41, 5.74) is 2.44. The topological polar surface area (TPSA) is 30.5 Å². The molecule has 0 spiro atoms. The van der Waals surface area contributed by atoms with Gasteiger partial charge in [0.25, 0.3) is 0 Å². The summed E-state index contributed by atoms with van der Waals surface area (Å²) in [4.78, 5) is 0. The fourth-order valence-electron chi connectivity index (χ4n) is 2.60. The molecule has 0 aliphatic carbocycles. The van der Waals surface area contributed by atoms with E-state index in [9.17, 15) is 0 Å². The van der Waals surface area contributed by atoms with Gasteiger partial charge in [0.05, 0.1) is 13.7 Å². The summed E-state index contributed by atoms with van der Waals surface area (Å²) in [5, 5.41) is 3.62. The lowest BCUT2D eigenvalue weighted by molar-refractivity contribution is 0.251. The van der Waals surface area contributed by atoms with Crippen molar-refractivity contribution in [1.29, 1.82) is 0 Å². The molecule has 0 aromatic heterocycles. The molecule has 0 saturated heterocycles. The predicted octanol–water partition coefficient (Wildman–Crippen LogP) is 4.07. The minimum atomic E-state index is 0.294. The molecular formula is C17H18BrNO2. The first-order valence-electron chi connectivity index (χ1n) is 7.05. The van der Waals surface area contributed by atoms with Gasteiger partial charge in [0.1, 0.15) is 11.5 Å². The van der Waals surface area contributed by atoms with E-state index in [1.807, 2.05) is 18.2 Å². The summed E-state index contributed by atoms with van der Waals surface area (Å²) >= 11 is 3.51. The van der Waals surface area contributed by atoms with E-state index in [4.69, 9.17) is 9.47 Å². The van der Waals surface area contributed by atoms with E-state index in [2.05, 4.69) is 45.5 Å². The average molecular weight is 348 g/mol. The van der Waals surface area contributed by atoms with Gasteiger partial charge in [-0.05, 0) is 35.9 Å². The minimum absolute atomic E-state index is 0.294. The van der Waals surface area contributed by atoms with Crippen LogP contribution in [-0.4, -0.2) is 13.7 Å². The number of halogens is 1. The van der Waals surface area contributed by atoms with Crippen LogP contribution in [0.25, 0.3) is 0 Å². The first-order chi connectivity index (χ1) is 10.3. The average Bonchev–Trinajstić information content (AvgIpc) is 2.52. The van der Waals surface area contributed by atoms with Gasteiger partial charge >= 0.3 is 0 Å². The van der Waals surface area contributed by atoms with E-state index < -0.39 is 0 Å². The number of rotatable bonds is 4. The molecule has 1 atom stereocenters. The fraction of sp³-hybridized carbons (Fsp3) is 0.294. The Morgan fingerprint density at radius 1 is 1.29 bits per heavy atom. The Morgan fingerprint density at radius 3 is 3.00 bits per heavy atom. The second-order valence-electron chi connectivity index (χ2n) is 5.10. The van der Waals surface area contributed by atoms with Gasteiger partial charge in [-0.2, -0.15) is 0 Å². The summed E-state index contributed by atoms with van der Waals surface area (Å²) in [7, 11) is 1.69. The molecule has 1 heterocycles. The van der Waals surface area contributed by atoms with Crippen molar-refractivity contribution in [3.63, 3.8) is 0 Å². The van der Waals surface area contributed by atoms with Crippen molar-refractivity contribution in [3.05, 3.63) is 58.1 Å². The number of fused-ring (bicyclic) bond motifs is 1. The van der Waals surface area contributed by atoms with Gasteiger partial charge < -0.3 is 14.8 Å². The summed E-state index contributed by atoms with van der Waals surface area (Å²) < 4.78 is 12.1. The Kier molecular flexibility index (Phi) is 4.46. The SMILES string of the molecule is COc1ccc2c(c1)C(NCc1cccc(Br)c1)CCO2. The van der Waals surface area contributed by atoms with Gasteiger partial charge in [-0.15, -0.1) is 0 Å². The maximum absolute atomic E-state index is 5.72. The van der Waals surface area contributed by atoms with Crippen molar-refractivity contribution in [2.75, 3.05) is 13.7 Å². The lowest BCUT2D eigenvalue weighted by Crippen LogP contribution is -2.26. The van der Waals surface area contributed by atoms with Gasteiger partial charge in [0.2, 0.25) is 0 Å². The molecule has 2 aromatic rings. The molecule has 0 fully saturated rings. The number of hydrogen-bond acceptors (Lipinski definition) is 3. The zero-order valence-electron chi connectivity index (χ0n) is 11.9. The van der Waals surface area contributed by atoms with E-state index >= 15 is 0 Å². The molecule has 2 aromatic carbocycles. The first kappa shape index (κ1) is 14.4. The van der Waals surface area contributed by atoms with E-state index in [0.29, 0.717) is 6.04 Å². The van der Waals surface area contributed by atoms with Crippen LogP contribution in [0.5, 0.6) is 11.5 Å². The van der Waals surface area contributed by atoms with Crippen molar-refractivity contribution < 1.29 is 9.47 Å². The quantitative estimate of drug-likeness (QED) is 0.904. The second-order valence-corrected chi connectivity index (χ2v) is 6.02. The molecule has 4 heteroatoms. The van der Waals surface area contributed by atoms with Crippen LogP contribution in [0, 0.1) is 0 Å². The molecule has 1 aliphatic heterocycles. The van der Waals surface area contributed by atoms with Crippen LogP contribution in [0.1, 0.15) is 23.6 Å². The second kappa shape index (κ2) is 6.50. The number of benzene rings is 2. The smallest absolute Gasteiger partial charge is 0.124 e. The third-order valence-electron chi connectivity index (χ3n) is 3.70. The molecule has 0 radical (unpaired) electrons. The monoisotopic (exact) mass is 347 g/mol. The zero-order valence-corrected chi connectivity index (χ0v) is 13.5. The zero-order chi connectivity index (χ0) is 14.7.